The molecule has 5 rings (SSSR count). The van der Waals surface area contributed by atoms with Gasteiger partial charge in [-0.25, -0.2) is 27.1 Å². The minimum absolute atomic E-state index is 0.01000. The Kier molecular flexibility index (Phi) is 6.42. The van der Waals surface area contributed by atoms with Gasteiger partial charge in [0.05, 0.1) is 32.9 Å². The molecule has 0 aliphatic heterocycles. The highest BCUT2D eigenvalue weighted by molar-refractivity contribution is 5.92. The van der Waals surface area contributed by atoms with Crippen molar-refractivity contribution in [2.45, 2.75) is 95.6 Å². The van der Waals surface area contributed by atoms with Crippen LogP contribution in [0.15, 0.2) is 30.7 Å². The standard InChI is InChI=1S/C28H35F4N7O2/c1-3-20(36-24(40)11-17-13-28(31,32)14-17)19-12-23-35-21(16-39(23)34-15-19)25(18-5-8-27(29,30)9-6-18)37-26(41)22-7-10-33-38(22)4-2/h7,10,12,15-18,20,25H,3-6,8-9,11,13-14H2,1-2H3,(H,36,40)(H,37,41)/t20-,25+/m1/s1/i2D3,4D2. The maximum Gasteiger partial charge on any atom is 0.270 e. The van der Waals surface area contributed by atoms with E-state index in [1.165, 1.54) is 16.9 Å². The topological polar surface area (TPSA) is 106 Å². The molecule has 0 bridgehead atoms. The van der Waals surface area contributed by atoms with Gasteiger partial charge in [-0.05, 0) is 55.6 Å². The van der Waals surface area contributed by atoms with Gasteiger partial charge in [0.1, 0.15) is 5.69 Å². The second-order valence-electron chi connectivity index (χ2n) is 11.0. The Morgan fingerprint density at radius 2 is 1.93 bits per heavy atom. The Bertz CT molecular complexity index is 1580. The number of alkyl halides is 4. The third kappa shape index (κ3) is 6.54. The summed E-state index contributed by atoms with van der Waals surface area (Å²) in [5.74, 6) is -7.64. The first-order chi connectivity index (χ1) is 21.4. The first-order valence-corrected chi connectivity index (χ1v) is 13.6. The normalized spacial score (nSPS) is 22.8. The van der Waals surface area contributed by atoms with Crippen LogP contribution in [0.1, 0.15) is 106 Å². The number of carbonyl (C=O) groups excluding carboxylic acids is 2. The van der Waals surface area contributed by atoms with Crippen molar-refractivity contribution in [3.8, 4) is 0 Å². The van der Waals surface area contributed by atoms with Gasteiger partial charge in [-0.3, -0.25) is 14.3 Å². The number of amides is 2. The molecule has 13 heteroatoms. The first kappa shape index (κ1) is 23.1. The number of hydrogen-bond donors (Lipinski definition) is 2. The summed E-state index contributed by atoms with van der Waals surface area (Å²) in [7, 11) is 0. The van der Waals surface area contributed by atoms with E-state index in [2.05, 4.69) is 25.8 Å². The lowest BCUT2D eigenvalue weighted by Gasteiger charge is -2.34. The number of nitrogens with zero attached hydrogens (tertiary/aromatic N) is 5. The van der Waals surface area contributed by atoms with Crippen LogP contribution in [0.25, 0.3) is 5.65 Å². The monoisotopic (exact) mass is 582 g/mol. The fourth-order valence-electron chi connectivity index (χ4n) is 5.72. The van der Waals surface area contributed by atoms with Crippen LogP contribution in [0.4, 0.5) is 17.6 Å². The van der Waals surface area contributed by atoms with Crippen LogP contribution in [-0.4, -0.2) is 48.0 Å². The highest BCUT2D eigenvalue weighted by Gasteiger charge is 2.46. The van der Waals surface area contributed by atoms with Crippen LogP contribution in [0.2, 0.25) is 0 Å². The largest absolute Gasteiger partial charge is 0.349 e. The summed E-state index contributed by atoms with van der Waals surface area (Å²) in [5.41, 5.74) is 0.862. The third-order valence-corrected chi connectivity index (χ3v) is 7.97. The molecule has 2 fully saturated rings. The van der Waals surface area contributed by atoms with Crippen LogP contribution in [0.3, 0.4) is 0 Å². The fourth-order valence-corrected chi connectivity index (χ4v) is 5.72. The van der Waals surface area contributed by atoms with E-state index in [9.17, 15) is 27.2 Å². The predicted molar refractivity (Wildman–Crippen MR) is 141 cm³/mol. The van der Waals surface area contributed by atoms with Crippen molar-refractivity contribution < 1.29 is 34.0 Å². The zero-order valence-electron chi connectivity index (χ0n) is 27.4. The van der Waals surface area contributed by atoms with E-state index >= 15 is 0 Å². The van der Waals surface area contributed by atoms with Gasteiger partial charge in [0, 0.05) is 48.9 Å². The number of aryl methyl sites for hydroxylation is 1. The van der Waals surface area contributed by atoms with Crippen molar-refractivity contribution >= 4 is 17.5 Å². The molecule has 0 spiro atoms. The minimum atomic E-state index is -3.14. The zero-order valence-corrected chi connectivity index (χ0v) is 22.4. The SMILES string of the molecule is [2H]C([2H])([2H])C([2H])([2H])n1nccc1C(=O)N[C@H](c1cn2ncc([C@@H](CC)NC(=O)CC3CC(F)(F)C3)cc2n1)C1CCC(F)(F)CC1. The molecule has 0 saturated heterocycles. The maximum absolute atomic E-state index is 14.1. The van der Waals surface area contributed by atoms with E-state index in [-0.39, 0.29) is 49.6 Å². The van der Waals surface area contributed by atoms with Gasteiger partial charge >= 0.3 is 0 Å². The number of hydrogen-bond acceptors (Lipinski definition) is 5. The fraction of sp³-hybridized carbons (Fsp3) is 0.607. The van der Waals surface area contributed by atoms with E-state index in [4.69, 9.17) is 6.85 Å². The van der Waals surface area contributed by atoms with Gasteiger partial charge in [0.25, 0.3) is 5.91 Å². The molecular weight excluding hydrogens is 542 g/mol. The highest BCUT2D eigenvalue weighted by Crippen LogP contribution is 2.44. The molecule has 0 unspecified atom stereocenters. The average molecular weight is 583 g/mol. The Balaban J connectivity index is 1.39. The van der Waals surface area contributed by atoms with Crippen LogP contribution in [0, 0.1) is 11.8 Å². The zero-order chi connectivity index (χ0) is 33.7. The summed E-state index contributed by atoms with van der Waals surface area (Å²) in [6.07, 6.45) is 3.28. The van der Waals surface area contributed by atoms with Gasteiger partial charge in [0.2, 0.25) is 17.8 Å². The number of fused-ring (bicyclic) bond motifs is 1. The van der Waals surface area contributed by atoms with E-state index in [0.717, 1.165) is 12.3 Å². The molecule has 2 amide bonds. The molecule has 222 valence electrons. The number of halogens is 4. The smallest absolute Gasteiger partial charge is 0.270 e. The van der Waals surface area contributed by atoms with Gasteiger partial charge in [-0.15, -0.1) is 0 Å². The highest BCUT2D eigenvalue weighted by atomic mass is 19.3. The molecule has 2 atom stereocenters. The molecule has 0 radical (unpaired) electrons. The lowest BCUT2D eigenvalue weighted by Crippen LogP contribution is -2.39. The number of nitrogens with one attached hydrogen (secondary N) is 2. The van der Waals surface area contributed by atoms with Gasteiger partial charge in [-0.2, -0.15) is 10.2 Å². The molecule has 41 heavy (non-hydrogen) atoms. The molecular formula is C28H35F4N7O2. The summed E-state index contributed by atoms with van der Waals surface area (Å²) in [4.78, 5) is 30.7. The van der Waals surface area contributed by atoms with E-state index in [1.807, 2.05) is 6.92 Å². The van der Waals surface area contributed by atoms with Crippen molar-refractivity contribution in [3.05, 3.63) is 47.7 Å². The molecule has 0 aromatic carbocycles. The van der Waals surface area contributed by atoms with Crippen molar-refractivity contribution in [1.82, 2.24) is 35.0 Å². The molecule has 2 saturated carbocycles. The van der Waals surface area contributed by atoms with E-state index < -0.39 is 61.9 Å². The number of aromatic nitrogens is 5. The molecule has 2 aliphatic rings. The third-order valence-electron chi connectivity index (χ3n) is 7.97. The Labute approximate surface area is 242 Å². The number of imidazole rings is 1. The van der Waals surface area contributed by atoms with Gasteiger partial charge < -0.3 is 10.6 Å². The molecule has 3 aromatic heterocycles. The van der Waals surface area contributed by atoms with Gasteiger partial charge in [0.15, 0.2) is 5.65 Å². The second-order valence-corrected chi connectivity index (χ2v) is 11.0. The number of rotatable bonds is 10. The van der Waals surface area contributed by atoms with Crippen molar-refractivity contribution in [2.75, 3.05) is 0 Å². The molecule has 3 aromatic rings. The lowest BCUT2D eigenvalue weighted by molar-refractivity contribution is -0.134. The van der Waals surface area contributed by atoms with Gasteiger partial charge in [-0.1, -0.05) is 6.92 Å². The maximum atomic E-state index is 14.1. The molecule has 9 nitrogen and oxygen atoms in total. The van der Waals surface area contributed by atoms with Crippen LogP contribution >= 0.6 is 0 Å². The van der Waals surface area contributed by atoms with Crippen LogP contribution in [-0.2, 0) is 11.3 Å². The minimum Gasteiger partial charge on any atom is -0.349 e. The molecule has 2 aliphatic carbocycles. The van der Waals surface area contributed by atoms with Crippen molar-refractivity contribution in [2.24, 2.45) is 11.8 Å². The molecule has 2 N–H and O–H groups in total. The second kappa shape index (κ2) is 11.4. The summed E-state index contributed by atoms with van der Waals surface area (Å²) < 4.78 is 95.3. The van der Waals surface area contributed by atoms with Crippen molar-refractivity contribution in [1.29, 1.82) is 0 Å². The quantitative estimate of drug-likeness (QED) is 0.318. The summed E-state index contributed by atoms with van der Waals surface area (Å²) in [5, 5.41) is 13.7. The Hall–Kier alpha value is -3.51. The Morgan fingerprint density at radius 3 is 2.61 bits per heavy atom. The van der Waals surface area contributed by atoms with Crippen LogP contribution < -0.4 is 10.6 Å². The van der Waals surface area contributed by atoms with E-state index in [1.54, 1.807) is 6.07 Å². The first-order valence-electron chi connectivity index (χ1n) is 16.1. The van der Waals surface area contributed by atoms with Crippen LogP contribution in [0.5, 0.6) is 0 Å². The van der Waals surface area contributed by atoms with E-state index in [0.29, 0.717) is 28.0 Å². The summed E-state index contributed by atoms with van der Waals surface area (Å²) in [6.45, 7) is -4.31. The number of carbonyl (C=O) groups is 2. The molecule has 3 heterocycles. The average Bonchev–Trinajstić information content (AvgIpc) is 3.61. The summed E-state index contributed by atoms with van der Waals surface area (Å²) >= 11 is 0. The Morgan fingerprint density at radius 1 is 1.17 bits per heavy atom. The summed E-state index contributed by atoms with van der Waals surface area (Å²) in [6, 6.07) is 1.45. The lowest BCUT2D eigenvalue weighted by atomic mass is 9.79. The predicted octanol–water partition coefficient (Wildman–Crippen LogP) is 5.25. The van der Waals surface area contributed by atoms with Crippen molar-refractivity contribution in [3.63, 3.8) is 0 Å².